The predicted molar refractivity (Wildman–Crippen MR) is 117 cm³/mol. The summed E-state index contributed by atoms with van der Waals surface area (Å²) in [4.78, 5) is 4.73. The van der Waals surface area contributed by atoms with Gasteiger partial charge in [0.1, 0.15) is 5.75 Å². The number of nitrogens with zero attached hydrogens (tertiary/aromatic N) is 2. The van der Waals surface area contributed by atoms with Crippen molar-refractivity contribution in [2.24, 2.45) is 16.7 Å². The molecular formula is C24H38N2O3. The van der Waals surface area contributed by atoms with Gasteiger partial charge in [0.25, 0.3) is 0 Å². The molecule has 5 heteroatoms. The first kappa shape index (κ1) is 21.0. The monoisotopic (exact) mass is 402 g/mol. The van der Waals surface area contributed by atoms with Crippen LogP contribution in [0.5, 0.6) is 5.75 Å². The normalized spacial score (nSPS) is 32.5. The Bertz CT molecular complexity index is 696. The van der Waals surface area contributed by atoms with Crippen molar-refractivity contribution in [3.63, 3.8) is 0 Å². The van der Waals surface area contributed by atoms with E-state index in [-0.39, 0.29) is 11.5 Å². The molecule has 1 saturated heterocycles. The van der Waals surface area contributed by atoms with Gasteiger partial charge in [-0.25, -0.2) is 0 Å². The van der Waals surface area contributed by atoms with E-state index in [0.717, 1.165) is 43.5 Å². The molecule has 3 aliphatic rings. The summed E-state index contributed by atoms with van der Waals surface area (Å²) in [7, 11) is 1.73. The average Bonchev–Trinajstić information content (AvgIpc) is 3.19. The number of rotatable bonds is 7. The number of fused-ring (bicyclic) bond motifs is 2. The minimum Gasteiger partial charge on any atom is -0.495 e. The maximum absolute atomic E-state index is 10.7. The molecule has 1 aliphatic heterocycles. The molecule has 2 saturated carbocycles. The number of benzene rings is 1. The predicted octanol–water partition coefficient (Wildman–Crippen LogP) is 3.41. The van der Waals surface area contributed by atoms with E-state index < -0.39 is 6.10 Å². The van der Waals surface area contributed by atoms with Gasteiger partial charge in [-0.2, -0.15) is 0 Å². The van der Waals surface area contributed by atoms with Crippen LogP contribution in [0.25, 0.3) is 0 Å². The summed E-state index contributed by atoms with van der Waals surface area (Å²) in [6.07, 6.45) is 3.73. The van der Waals surface area contributed by atoms with Gasteiger partial charge in [0, 0.05) is 32.7 Å². The highest BCUT2D eigenvalue weighted by atomic mass is 16.5. The third-order valence-electron chi connectivity index (χ3n) is 7.86. The third kappa shape index (κ3) is 4.01. The van der Waals surface area contributed by atoms with Crippen LogP contribution in [0, 0.1) is 16.7 Å². The molecule has 1 aromatic carbocycles. The number of piperazine rings is 1. The maximum Gasteiger partial charge on any atom is 0.142 e. The van der Waals surface area contributed by atoms with E-state index in [0.29, 0.717) is 18.6 Å². The Morgan fingerprint density at radius 1 is 1.14 bits per heavy atom. The second kappa shape index (κ2) is 8.09. The Morgan fingerprint density at radius 2 is 1.86 bits per heavy atom. The van der Waals surface area contributed by atoms with Gasteiger partial charge < -0.3 is 19.5 Å². The fourth-order valence-corrected chi connectivity index (χ4v) is 6.29. The first-order valence-electron chi connectivity index (χ1n) is 11.2. The Kier molecular flexibility index (Phi) is 5.84. The summed E-state index contributed by atoms with van der Waals surface area (Å²) >= 11 is 0. The Hall–Kier alpha value is -1.30. The van der Waals surface area contributed by atoms with Crippen molar-refractivity contribution < 1.29 is 14.6 Å². The summed E-state index contributed by atoms with van der Waals surface area (Å²) in [5.41, 5.74) is 1.69. The van der Waals surface area contributed by atoms with Crippen LogP contribution in [0.2, 0.25) is 0 Å². The lowest BCUT2D eigenvalue weighted by molar-refractivity contribution is -0.113. The second-order valence-electron chi connectivity index (χ2n) is 10.2. The van der Waals surface area contributed by atoms with Crippen LogP contribution < -0.4 is 9.64 Å². The van der Waals surface area contributed by atoms with Crippen molar-refractivity contribution in [1.82, 2.24) is 4.90 Å². The number of aliphatic hydroxyl groups excluding tert-OH is 1. The lowest BCUT2D eigenvalue weighted by atomic mass is 9.70. The van der Waals surface area contributed by atoms with Crippen LogP contribution in [0.1, 0.15) is 40.0 Å². The Morgan fingerprint density at radius 3 is 2.52 bits per heavy atom. The largest absolute Gasteiger partial charge is 0.495 e. The van der Waals surface area contributed by atoms with Gasteiger partial charge in [0.2, 0.25) is 0 Å². The van der Waals surface area contributed by atoms with Gasteiger partial charge in [-0.05, 0) is 48.1 Å². The molecule has 2 aliphatic carbocycles. The smallest absolute Gasteiger partial charge is 0.142 e. The summed E-state index contributed by atoms with van der Waals surface area (Å²) in [6, 6.07) is 8.20. The van der Waals surface area contributed by atoms with Gasteiger partial charge in [-0.3, -0.25) is 4.90 Å². The van der Waals surface area contributed by atoms with E-state index in [2.05, 4.69) is 42.7 Å². The zero-order chi connectivity index (χ0) is 20.6. The molecule has 0 amide bonds. The van der Waals surface area contributed by atoms with E-state index in [1.165, 1.54) is 19.3 Å². The Labute approximate surface area is 176 Å². The van der Waals surface area contributed by atoms with Crippen molar-refractivity contribution in [1.29, 1.82) is 0 Å². The van der Waals surface area contributed by atoms with Crippen LogP contribution in [-0.2, 0) is 4.74 Å². The fourth-order valence-electron chi connectivity index (χ4n) is 6.29. The van der Waals surface area contributed by atoms with Crippen molar-refractivity contribution in [3.05, 3.63) is 24.3 Å². The molecular weight excluding hydrogens is 364 g/mol. The van der Waals surface area contributed by atoms with Gasteiger partial charge in [0.05, 0.1) is 31.6 Å². The van der Waals surface area contributed by atoms with E-state index >= 15 is 0 Å². The Balaban J connectivity index is 1.25. The quantitative estimate of drug-likeness (QED) is 0.757. The van der Waals surface area contributed by atoms with Gasteiger partial charge >= 0.3 is 0 Å². The lowest BCUT2D eigenvalue weighted by Crippen LogP contribution is -2.50. The highest BCUT2D eigenvalue weighted by Gasteiger charge is 2.60. The van der Waals surface area contributed by atoms with Crippen LogP contribution in [0.4, 0.5) is 5.69 Å². The number of aliphatic hydroxyl groups is 1. The SMILES string of the molecule is COc1ccccc1N1CCN(C[C@@H](O)CO[C@@H]2C(C)(C)[C@@H]3CC[C@]2(C)C3)CC1. The van der Waals surface area contributed by atoms with Crippen molar-refractivity contribution in [2.45, 2.75) is 52.2 Å². The molecule has 3 fully saturated rings. The number of para-hydroxylation sites is 2. The molecule has 5 nitrogen and oxygen atoms in total. The first-order chi connectivity index (χ1) is 13.8. The van der Waals surface area contributed by atoms with Gasteiger partial charge in [0.15, 0.2) is 0 Å². The number of ether oxygens (including phenoxy) is 2. The molecule has 0 unspecified atom stereocenters. The number of methoxy groups -OCH3 is 1. The minimum atomic E-state index is -0.425. The van der Waals surface area contributed by atoms with Crippen molar-refractivity contribution >= 4 is 5.69 Å². The highest BCUT2D eigenvalue weighted by Crippen LogP contribution is 2.63. The fraction of sp³-hybridized carbons (Fsp3) is 0.750. The summed E-state index contributed by atoms with van der Waals surface area (Å²) in [5.74, 6) is 1.70. The first-order valence-corrected chi connectivity index (χ1v) is 11.2. The summed E-state index contributed by atoms with van der Waals surface area (Å²) in [6.45, 7) is 12.0. The van der Waals surface area contributed by atoms with E-state index in [9.17, 15) is 5.11 Å². The van der Waals surface area contributed by atoms with Crippen LogP contribution in [-0.4, -0.2) is 68.7 Å². The number of hydrogen-bond donors (Lipinski definition) is 1. The van der Waals surface area contributed by atoms with Crippen molar-refractivity contribution in [2.75, 3.05) is 51.3 Å². The molecule has 1 aromatic rings. The average molecular weight is 403 g/mol. The van der Waals surface area contributed by atoms with Crippen molar-refractivity contribution in [3.8, 4) is 5.75 Å². The molecule has 162 valence electrons. The van der Waals surface area contributed by atoms with E-state index in [1.54, 1.807) is 7.11 Å². The van der Waals surface area contributed by atoms with Crippen LogP contribution in [0.3, 0.4) is 0 Å². The molecule has 2 bridgehead atoms. The van der Waals surface area contributed by atoms with Gasteiger partial charge in [-0.1, -0.05) is 32.9 Å². The maximum atomic E-state index is 10.7. The molecule has 0 aromatic heterocycles. The summed E-state index contributed by atoms with van der Waals surface area (Å²) in [5, 5.41) is 10.7. The molecule has 4 atom stereocenters. The highest BCUT2D eigenvalue weighted by molar-refractivity contribution is 5.58. The minimum absolute atomic E-state index is 0.229. The number of anilines is 1. The molecule has 1 heterocycles. The molecule has 0 radical (unpaired) electrons. The zero-order valence-electron chi connectivity index (χ0n) is 18.6. The van der Waals surface area contributed by atoms with Gasteiger partial charge in [-0.15, -0.1) is 0 Å². The second-order valence-corrected chi connectivity index (χ2v) is 10.2. The zero-order valence-corrected chi connectivity index (χ0v) is 18.6. The molecule has 4 rings (SSSR count). The third-order valence-corrected chi connectivity index (χ3v) is 7.86. The number of β-amino-alcohol motifs (C(OH)–C–C–N with tert-alkyl or cyclic N) is 1. The number of hydrogen-bond acceptors (Lipinski definition) is 5. The van der Waals surface area contributed by atoms with E-state index in [4.69, 9.17) is 9.47 Å². The van der Waals surface area contributed by atoms with Crippen LogP contribution >= 0.6 is 0 Å². The topological polar surface area (TPSA) is 45.2 Å². The molecule has 0 spiro atoms. The molecule has 1 N–H and O–H groups in total. The lowest BCUT2D eigenvalue weighted by Gasteiger charge is -2.43. The molecule has 29 heavy (non-hydrogen) atoms. The van der Waals surface area contributed by atoms with E-state index in [1.807, 2.05) is 12.1 Å². The summed E-state index contributed by atoms with van der Waals surface area (Å²) < 4.78 is 11.9. The van der Waals surface area contributed by atoms with Crippen LogP contribution in [0.15, 0.2) is 24.3 Å². The standard InChI is InChI=1S/C24H38N2O3/c1-23(2)18-9-10-24(3,15-18)22(23)29-17-19(27)16-25-11-13-26(14-12-25)20-7-5-6-8-21(20)28-4/h5-8,18-19,22,27H,9-17H2,1-4H3/t18-,19-,22-,24-/m1/s1.